The predicted molar refractivity (Wildman–Crippen MR) is 86.6 cm³/mol. The molecule has 0 fully saturated rings. The molecule has 1 aromatic heterocycles. The smallest absolute Gasteiger partial charge is 0.233 e. The molecule has 1 amide bonds. The molecule has 3 rings (SSSR count). The summed E-state index contributed by atoms with van der Waals surface area (Å²) in [5.41, 5.74) is 1.97. The number of nitrogens with zero attached hydrogens (tertiary/aromatic N) is 1. The summed E-state index contributed by atoms with van der Waals surface area (Å²) in [4.78, 5) is 16.5. The van der Waals surface area contributed by atoms with Crippen LogP contribution in [0.4, 0.5) is 0 Å². The van der Waals surface area contributed by atoms with Crippen LogP contribution >= 0.6 is 23.1 Å². The largest absolute Gasteiger partial charge is 0.454 e. The van der Waals surface area contributed by atoms with Gasteiger partial charge in [0.15, 0.2) is 15.8 Å². The Hall–Kier alpha value is -1.73. The quantitative estimate of drug-likeness (QED) is 0.851. The molecular weight excluding hydrogens is 320 g/mol. The van der Waals surface area contributed by atoms with Crippen molar-refractivity contribution in [1.29, 1.82) is 0 Å². The van der Waals surface area contributed by atoms with Gasteiger partial charge in [-0.05, 0) is 31.5 Å². The van der Waals surface area contributed by atoms with Crippen molar-refractivity contribution in [3.8, 4) is 11.5 Å². The van der Waals surface area contributed by atoms with Gasteiger partial charge in [0.05, 0.1) is 5.25 Å². The zero-order valence-corrected chi connectivity index (χ0v) is 13.9. The summed E-state index contributed by atoms with van der Waals surface area (Å²) in [6.45, 7) is 4.56. The van der Waals surface area contributed by atoms with Gasteiger partial charge >= 0.3 is 0 Å². The number of carbonyl (C=O) groups is 1. The van der Waals surface area contributed by atoms with E-state index in [-0.39, 0.29) is 18.0 Å². The molecule has 1 atom stereocenters. The summed E-state index contributed by atoms with van der Waals surface area (Å²) >= 11 is 3.04. The van der Waals surface area contributed by atoms with E-state index in [1.54, 1.807) is 11.3 Å². The number of aryl methyl sites for hydroxylation is 1. The lowest BCUT2D eigenvalue weighted by Gasteiger charge is -2.10. The van der Waals surface area contributed by atoms with Crippen molar-refractivity contribution < 1.29 is 14.3 Å². The third kappa shape index (κ3) is 3.53. The van der Waals surface area contributed by atoms with Crippen LogP contribution in [0, 0.1) is 6.92 Å². The van der Waals surface area contributed by atoms with Gasteiger partial charge in [-0.1, -0.05) is 17.8 Å². The number of fused-ring (bicyclic) bond motifs is 1. The molecule has 0 saturated carbocycles. The van der Waals surface area contributed by atoms with Crippen molar-refractivity contribution in [3.05, 3.63) is 34.8 Å². The number of thioether (sulfide) groups is 1. The second kappa shape index (κ2) is 6.58. The van der Waals surface area contributed by atoms with E-state index in [1.165, 1.54) is 11.8 Å². The number of ether oxygens (including phenoxy) is 2. The molecule has 0 aliphatic carbocycles. The average Bonchev–Trinajstić information content (AvgIpc) is 3.12. The Bertz CT molecular complexity index is 687. The Morgan fingerprint density at radius 1 is 1.45 bits per heavy atom. The van der Waals surface area contributed by atoms with E-state index in [1.807, 2.05) is 37.4 Å². The molecule has 0 spiro atoms. The van der Waals surface area contributed by atoms with Gasteiger partial charge in [0.2, 0.25) is 12.7 Å². The van der Waals surface area contributed by atoms with Gasteiger partial charge < -0.3 is 14.8 Å². The summed E-state index contributed by atoms with van der Waals surface area (Å²) < 4.78 is 11.5. The van der Waals surface area contributed by atoms with E-state index in [9.17, 15) is 4.79 Å². The Kier molecular flexibility index (Phi) is 4.54. The molecule has 1 aliphatic heterocycles. The maximum absolute atomic E-state index is 12.2. The topological polar surface area (TPSA) is 60.5 Å². The zero-order valence-electron chi connectivity index (χ0n) is 12.3. The van der Waals surface area contributed by atoms with Crippen LogP contribution in [0.5, 0.6) is 11.5 Å². The van der Waals surface area contributed by atoms with E-state index in [4.69, 9.17) is 9.47 Å². The average molecular weight is 336 g/mol. The fraction of sp³-hybridized carbons (Fsp3) is 0.333. The molecule has 5 nitrogen and oxygen atoms in total. The summed E-state index contributed by atoms with van der Waals surface area (Å²) in [6, 6.07) is 5.68. The van der Waals surface area contributed by atoms with Crippen molar-refractivity contribution in [2.75, 3.05) is 6.79 Å². The van der Waals surface area contributed by atoms with Crippen LogP contribution in [0.15, 0.2) is 27.9 Å². The van der Waals surface area contributed by atoms with Crippen LogP contribution in [0.25, 0.3) is 0 Å². The maximum atomic E-state index is 12.2. The highest BCUT2D eigenvalue weighted by atomic mass is 32.2. The van der Waals surface area contributed by atoms with E-state index in [0.29, 0.717) is 6.54 Å². The van der Waals surface area contributed by atoms with Crippen LogP contribution in [-0.2, 0) is 11.3 Å². The molecule has 1 aromatic carbocycles. The number of rotatable bonds is 5. The van der Waals surface area contributed by atoms with E-state index in [0.717, 1.165) is 27.1 Å². The van der Waals surface area contributed by atoms with Crippen LogP contribution < -0.4 is 14.8 Å². The van der Waals surface area contributed by atoms with Gasteiger partial charge in [0, 0.05) is 17.6 Å². The van der Waals surface area contributed by atoms with Gasteiger partial charge in [0.25, 0.3) is 0 Å². The first-order valence-corrected chi connectivity index (χ1v) is 8.63. The second-order valence-electron chi connectivity index (χ2n) is 4.92. The number of hydrogen-bond acceptors (Lipinski definition) is 6. The molecule has 0 unspecified atom stereocenters. The molecule has 2 aromatic rings. The van der Waals surface area contributed by atoms with Gasteiger partial charge in [-0.15, -0.1) is 11.3 Å². The SMILES string of the molecule is Cc1csc(S[C@@H](C)C(=O)NCc2ccc3c(c2)OCO3)n1. The van der Waals surface area contributed by atoms with Crippen molar-refractivity contribution in [1.82, 2.24) is 10.3 Å². The number of benzene rings is 1. The first-order valence-electron chi connectivity index (χ1n) is 6.87. The highest BCUT2D eigenvalue weighted by molar-refractivity contribution is 8.02. The number of thiazole rings is 1. The van der Waals surface area contributed by atoms with E-state index >= 15 is 0 Å². The number of carbonyl (C=O) groups excluding carboxylic acids is 1. The lowest BCUT2D eigenvalue weighted by molar-refractivity contribution is -0.120. The monoisotopic (exact) mass is 336 g/mol. The van der Waals surface area contributed by atoms with Gasteiger partial charge in [-0.25, -0.2) is 4.98 Å². The fourth-order valence-electron chi connectivity index (χ4n) is 1.98. The molecule has 0 saturated heterocycles. The highest BCUT2D eigenvalue weighted by Crippen LogP contribution is 2.32. The normalized spacial score (nSPS) is 13.9. The van der Waals surface area contributed by atoms with Crippen LogP contribution in [0.3, 0.4) is 0 Å². The summed E-state index contributed by atoms with van der Waals surface area (Å²) in [6.07, 6.45) is 0. The lowest BCUT2D eigenvalue weighted by Crippen LogP contribution is -2.30. The molecule has 1 aliphatic rings. The van der Waals surface area contributed by atoms with Crippen LogP contribution in [0.2, 0.25) is 0 Å². The number of aromatic nitrogens is 1. The van der Waals surface area contributed by atoms with Gasteiger partial charge in [-0.3, -0.25) is 4.79 Å². The van der Waals surface area contributed by atoms with Crippen LogP contribution in [0.1, 0.15) is 18.2 Å². The standard InChI is InChI=1S/C15H16N2O3S2/c1-9-7-21-15(17-9)22-10(2)14(18)16-6-11-3-4-12-13(5-11)20-8-19-12/h3-5,7,10H,6,8H2,1-2H3,(H,16,18)/t10-/m0/s1. The molecule has 0 radical (unpaired) electrons. The number of nitrogens with one attached hydrogen (secondary N) is 1. The third-order valence-corrected chi connectivity index (χ3v) is 5.34. The van der Waals surface area contributed by atoms with Gasteiger partial charge in [-0.2, -0.15) is 0 Å². The summed E-state index contributed by atoms with van der Waals surface area (Å²) in [5.74, 6) is 1.47. The number of hydrogen-bond donors (Lipinski definition) is 1. The summed E-state index contributed by atoms with van der Waals surface area (Å²) in [7, 11) is 0. The molecular formula is C15H16N2O3S2. The van der Waals surface area contributed by atoms with Crippen molar-refractivity contribution in [3.63, 3.8) is 0 Å². The first-order chi connectivity index (χ1) is 10.6. The molecule has 2 heterocycles. The maximum Gasteiger partial charge on any atom is 0.233 e. The lowest BCUT2D eigenvalue weighted by atomic mass is 10.2. The van der Waals surface area contributed by atoms with E-state index < -0.39 is 0 Å². The Labute approximate surface area is 137 Å². The summed E-state index contributed by atoms with van der Waals surface area (Å²) in [5, 5.41) is 4.74. The molecule has 116 valence electrons. The van der Waals surface area contributed by atoms with Crippen molar-refractivity contribution >= 4 is 29.0 Å². The minimum atomic E-state index is -0.181. The number of amides is 1. The zero-order chi connectivity index (χ0) is 15.5. The molecule has 7 heteroatoms. The molecule has 0 bridgehead atoms. The molecule has 22 heavy (non-hydrogen) atoms. The minimum absolute atomic E-state index is 0.00415. The minimum Gasteiger partial charge on any atom is -0.454 e. The van der Waals surface area contributed by atoms with Crippen molar-refractivity contribution in [2.45, 2.75) is 30.0 Å². The Morgan fingerprint density at radius 3 is 3.05 bits per heavy atom. The van der Waals surface area contributed by atoms with Crippen LogP contribution in [-0.4, -0.2) is 22.9 Å². The first kappa shape index (κ1) is 15.2. The highest BCUT2D eigenvalue weighted by Gasteiger charge is 2.17. The third-order valence-electron chi connectivity index (χ3n) is 3.15. The Balaban J connectivity index is 1.53. The van der Waals surface area contributed by atoms with Gasteiger partial charge in [0.1, 0.15) is 0 Å². The fourth-order valence-corrected chi connectivity index (χ4v) is 3.98. The predicted octanol–water partition coefficient (Wildman–Crippen LogP) is 2.98. The molecule has 1 N–H and O–H groups in total. The Morgan fingerprint density at radius 2 is 2.27 bits per heavy atom. The van der Waals surface area contributed by atoms with E-state index in [2.05, 4.69) is 10.3 Å². The van der Waals surface area contributed by atoms with Crippen molar-refractivity contribution in [2.24, 2.45) is 0 Å². The second-order valence-corrected chi connectivity index (χ2v) is 7.37.